The third kappa shape index (κ3) is 3.13. The van der Waals surface area contributed by atoms with Crippen LogP contribution in [-0.4, -0.2) is 29.4 Å². The lowest BCUT2D eigenvalue weighted by molar-refractivity contribution is 0.457. The summed E-state index contributed by atoms with van der Waals surface area (Å²) in [6.45, 7) is 8.31. The second-order valence-corrected chi connectivity index (χ2v) is 5.88. The molecule has 0 aliphatic carbocycles. The summed E-state index contributed by atoms with van der Waals surface area (Å²) < 4.78 is 0. The van der Waals surface area contributed by atoms with Crippen LogP contribution in [-0.2, 0) is 0 Å². The molecule has 0 saturated carbocycles. The van der Waals surface area contributed by atoms with Gasteiger partial charge in [0.05, 0.1) is 11.3 Å². The molecule has 4 heteroatoms. The summed E-state index contributed by atoms with van der Waals surface area (Å²) in [5.41, 5.74) is 4.86. The lowest BCUT2D eigenvalue weighted by atomic mass is 10.1. The molecule has 0 spiro atoms. The number of aliphatic imine (C=N–C) groups is 1. The smallest absolute Gasteiger partial charge is 0.198 e. The second-order valence-electron chi connectivity index (χ2n) is 5.88. The highest BCUT2D eigenvalue weighted by molar-refractivity contribution is 6.02. The summed E-state index contributed by atoms with van der Waals surface area (Å²) in [6.07, 6.45) is 1.72. The highest BCUT2D eigenvalue weighted by Gasteiger charge is 2.08. The molecule has 0 bridgehead atoms. The van der Waals surface area contributed by atoms with Crippen LogP contribution in [0.3, 0.4) is 0 Å². The SMILES string of the molecule is CCN(CC)c1ccc(N=Cc2c(O)[nH]c3cc(C)ccc23)cc1. The van der Waals surface area contributed by atoms with Gasteiger partial charge in [-0.15, -0.1) is 0 Å². The first-order chi connectivity index (χ1) is 11.6. The molecular weight excluding hydrogens is 298 g/mol. The summed E-state index contributed by atoms with van der Waals surface area (Å²) in [6, 6.07) is 14.2. The van der Waals surface area contributed by atoms with Gasteiger partial charge in [-0.1, -0.05) is 12.1 Å². The van der Waals surface area contributed by atoms with E-state index in [1.807, 2.05) is 37.3 Å². The maximum Gasteiger partial charge on any atom is 0.198 e. The molecule has 3 aromatic rings. The molecule has 1 aromatic heterocycles. The van der Waals surface area contributed by atoms with Crippen molar-refractivity contribution in [3.05, 3.63) is 53.6 Å². The fourth-order valence-corrected chi connectivity index (χ4v) is 2.93. The number of hydrogen-bond donors (Lipinski definition) is 2. The zero-order valence-corrected chi connectivity index (χ0v) is 14.4. The molecule has 24 heavy (non-hydrogen) atoms. The summed E-state index contributed by atoms with van der Waals surface area (Å²) >= 11 is 0. The van der Waals surface area contributed by atoms with Crippen molar-refractivity contribution in [3.63, 3.8) is 0 Å². The molecule has 0 atom stereocenters. The number of hydrogen-bond acceptors (Lipinski definition) is 3. The molecule has 2 N–H and O–H groups in total. The van der Waals surface area contributed by atoms with Crippen LogP contribution in [0.15, 0.2) is 47.5 Å². The first-order valence-corrected chi connectivity index (χ1v) is 8.32. The average Bonchev–Trinajstić information content (AvgIpc) is 2.89. The van der Waals surface area contributed by atoms with Gasteiger partial charge >= 0.3 is 0 Å². The van der Waals surface area contributed by atoms with Crippen LogP contribution in [0.1, 0.15) is 25.0 Å². The van der Waals surface area contributed by atoms with E-state index in [0.29, 0.717) is 0 Å². The first kappa shape index (κ1) is 16.1. The Morgan fingerprint density at radius 1 is 1.08 bits per heavy atom. The van der Waals surface area contributed by atoms with Gasteiger partial charge in [0.15, 0.2) is 5.88 Å². The Balaban J connectivity index is 1.87. The molecule has 0 unspecified atom stereocenters. The minimum Gasteiger partial charge on any atom is -0.494 e. The number of aryl methyl sites for hydroxylation is 1. The molecule has 0 amide bonds. The lowest BCUT2D eigenvalue weighted by Gasteiger charge is -2.20. The minimum atomic E-state index is 0.152. The van der Waals surface area contributed by atoms with Gasteiger partial charge in [-0.05, 0) is 56.7 Å². The third-order valence-corrected chi connectivity index (χ3v) is 4.29. The molecule has 0 saturated heterocycles. The zero-order chi connectivity index (χ0) is 17.1. The maximum atomic E-state index is 10.1. The number of nitrogens with one attached hydrogen (secondary N) is 1. The van der Waals surface area contributed by atoms with E-state index in [1.54, 1.807) is 6.21 Å². The Hall–Kier alpha value is -2.75. The molecule has 0 radical (unpaired) electrons. The molecular formula is C20H23N3O. The monoisotopic (exact) mass is 321 g/mol. The quantitative estimate of drug-likeness (QED) is 0.665. The van der Waals surface area contributed by atoms with Gasteiger partial charge in [-0.25, -0.2) is 0 Å². The molecule has 0 fully saturated rings. The zero-order valence-electron chi connectivity index (χ0n) is 14.4. The van der Waals surface area contributed by atoms with Crippen molar-refractivity contribution in [1.29, 1.82) is 0 Å². The Morgan fingerprint density at radius 3 is 2.46 bits per heavy atom. The largest absolute Gasteiger partial charge is 0.494 e. The Labute approximate surface area is 142 Å². The van der Waals surface area contributed by atoms with Gasteiger partial charge in [-0.2, -0.15) is 0 Å². The van der Waals surface area contributed by atoms with E-state index in [2.05, 4.69) is 40.9 Å². The van der Waals surface area contributed by atoms with E-state index in [-0.39, 0.29) is 5.88 Å². The molecule has 0 aliphatic rings. The van der Waals surface area contributed by atoms with E-state index < -0.39 is 0 Å². The van der Waals surface area contributed by atoms with E-state index in [4.69, 9.17) is 0 Å². The van der Waals surface area contributed by atoms with Crippen LogP contribution < -0.4 is 4.90 Å². The normalized spacial score (nSPS) is 11.5. The van der Waals surface area contributed by atoms with Gasteiger partial charge in [0, 0.05) is 35.9 Å². The summed E-state index contributed by atoms with van der Waals surface area (Å²) in [5.74, 6) is 0.152. The fraction of sp³-hybridized carbons (Fsp3) is 0.250. The minimum absolute atomic E-state index is 0.152. The highest BCUT2D eigenvalue weighted by Crippen LogP contribution is 2.27. The number of rotatable bonds is 5. The lowest BCUT2D eigenvalue weighted by Crippen LogP contribution is -2.21. The summed E-state index contributed by atoms with van der Waals surface area (Å²) in [4.78, 5) is 9.80. The molecule has 124 valence electrons. The predicted octanol–water partition coefficient (Wildman–Crippen LogP) is 4.78. The molecule has 1 heterocycles. The number of aromatic amines is 1. The number of benzene rings is 2. The van der Waals surface area contributed by atoms with Crippen molar-refractivity contribution in [2.24, 2.45) is 4.99 Å². The van der Waals surface area contributed by atoms with Crippen LogP contribution in [0, 0.1) is 6.92 Å². The van der Waals surface area contributed by atoms with E-state index in [9.17, 15) is 5.11 Å². The topological polar surface area (TPSA) is 51.6 Å². The van der Waals surface area contributed by atoms with Crippen LogP contribution in [0.4, 0.5) is 11.4 Å². The van der Waals surface area contributed by atoms with Crippen molar-refractivity contribution in [1.82, 2.24) is 4.98 Å². The predicted molar refractivity (Wildman–Crippen MR) is 102 cm³/mol. The van der Waals surface area contributed by atoms with Crippen molar-refractivity contribution in [2.45, 2.75) is 20.8 Å². The first-order valence-electron chi connectivity index (χ1n) is 8.32. The van der Waals surface area contributed by atoms with E-state index in [1.165, 1.54) is 5.69 Å². The highest BCUT2D eigenvalue weighted by atomic mass is 16.3. The van der Waals surface area contributed by atoms with Crippen LogP contribution in [0.5, 0.6) is 5.88 Å². The number of nitrogens with zero attached hydrogens (tertiary/aromatic N) is 2. The van der Waals surface area contributed by atoms with Crippen molar-refractivity contribution in [2.75, 3.05) is 18.0 Å². The van der Waals surface area contributed by atoms with E-state index >= 15 is 0 Å². The second kappa shape index (κ2) is 6.79. The van der Waals surface area contributed by atoms with Gasteiger partial charge in [0.1, 0.15) is 0 Å². The van der Waals surface area contributed by atoms with E-state index in [0.717, 1.165) is 40.8 Å². The Bertz CT molecular complexity index is 858. The summed E-state index contributed by atoms with van der Waals surface area (Å²) in [5, 5.41) is 11.1. The van der Waals surface area contributed by atoms with Gasteiger partial charge in [-0.3, -0.25) is 4.99 Å². The third-order valence-electron chi connectivity index (χ3n) is 4.29. The number of aromatic hydroxyl groups is 1. The van der Waals surface area contributed by atoms with Gasteiger partial charge in [0.25, 0.3) is 0 Å². The van der Waals surface area contributed by atoms with Crippen molar-refractivity contribution in [3.8, 4) is 5.88 Å². The molecule has 4 nitrogen and oxygen atoms in total. The molecule has 2 aromatic carbocycles. The summed E-state index contributed by atoms with van der Waals surface area (Å²) in [7, 11) is 0. The number of aromatic nitrogens is 1. The average molecular weight is 321 g/mol. The van der Waals surface area contributed by atoms with Crippen LogP contribution >= 0.6 is 0 Å². The molecule has 3 rings (SSSR count). The number of fused-ring (bicyclic) bond motifs is 1. The fourth-order valence-electron chi connectivity index (χ4n) is 2.93. The maximum absolute atomic E-state index is 10.1. The Kier molecular flexibility index (Phi) is 4.56. The molecule has 0 aliphatic heterocycles. The van der Waals surface area contributed by atoms with Crippen LogP contribution in [0.2, 0.25) is 0 Å². The van der Waals surface area contributed by atoms with Gasteiger partial charge in [0.2, 0.25) is 0 Å². The van der Waals surface area contributed by atoms with Crippen LogP contribution in [0.25, 0.3) is 10.9 Å². The van der Waals surface area contributed by atoms with Gasteiger partial charge < -0.3 is 15.0 Å². The number of H-pyrrole nitrogens is 1. The number of anilines is 1. The van der Waals surface area contributed by atoms with Crippen molar-refractivity contribution < 1.29 is 5.11 Å². The standard InChI is InChI=1S/C20H23N3O/c1-4-23(5-2)16-9-7-15(8-10-16)21-13-18-17-11-6-14(3)12-19(17)22-20(18)24/h6-13,22,24H,4-5H2,1-3H3. The Morgan fingerprint density at radius 2 is 1.79 bits per heavy atom. The van der Waals surface area contributed by atoms with Crippen molar-refractivity contribution >= 4 is 28.5 Å².